The van der Waals surface area contributed by atoms with Gasteiger partial charge in [-0.25, -0.2) is 0 Å². The van der Waals surface area contributed by atoms with Crippen LogP contribution in [-0.2, 0) is 0 Å². The van der Waals surface area contributed by atoms with Gasteiger partial charge in [0.25, 0.3) is 5.91 Å². The molecule has 2 rings (SSSR count). The summed E-state index contributed by atoms with van der Waals surface area (Å²) in [5.41, 5.74) is 0.779. The van der Waals surface area contributed by atoms with Gasteiger partial charge in [-0.15, -0.1) is 0 Å². The molecule has 0 unspecified atom stereocenters. The Labute approximate surface area is 131 Å². The lowest BCUT2D eigenvalue weighted by Gasteiger charge is -2.09. The molecule has 0 aromatic heterocycles. The van der Waals surface area contributed by atoms with Gasteiger partial charge >= 0.3 is 0 Å². The lowest BCUT2D eigenvalue weighted by molar-refractivity contribution is 0.102. The number of carbonyl (C=O) groups is 1. The van der Waals surface area contributed by atoms with E-state index in [-0.39, 0.29) is 11.3 Å². The summed E-state index contributed by atoms with van der Waals surface area (Å²) in [5.74, 6) is -0.560. The van der Waals surface area contributed by atoms with Crippen LogP contribution in [0, 0.1) is 0 Å². The van der Waals surface area contributed by atoms with Crippen molar-refractivity contribution in [1.29, 1.82) is 0 Å². The predicted molar refractivity (Wildman–Crippen MR) is 82.9 cm³/mol. The Morgan fingerprint density at radius 1 is 1.16 bits per heavy atom. The fourth-order valence-corrected chi connectivity index (χ4v) is 2.79. The average molecular weight is 405 g/mol. The van der Waals surface area contributed by atoms with E-state index in [0.29, 0.717) is 10.7 Å². The Bertz CT molecular complexity index is 647. The molecule has 0 fully saturated rings. The SMILES string of the molecule is O=C(Nc1ccc(Br)cc1Br)c1ccc(Cl)cc1O. The van der Waals surface area contributed by atoms with Gasteiger partial charge in [-0.2, -0.15) is 0 Å². The van der Waals surface area contributed by atoms with E-state index in [0.717, 1.165) is 8.95 Å². The second kappa shape index (κ2) is 5.94. The van der Waals surface area contributed by atoms with Crippen molar-refractivity contribution >= 4 is 55.1 Å². The van der Waals surface area contributed by atoms with Gasteiger partial charge in [0, 0.05) is 14.0 Å². The van der Waals surface area contributed by atoms with E-state index in [9.17, 15) is 9.90 Å². The number of phenols is 1. The van der Waals surface area contributed by atoms with E-state index in [1.165, 1.54) is 12.1 Å². The van der Waals surface area contributed by atoms with Crippen LogP contribution in [0.5, 0.6) is 5.75 Å². The number of aromatic hydroxyl groups is 1. The van der Waals surface area contributed by atoms with Crippen LogP contribution < -0.4 is 5.32 Å². The first-order valence-electron chi connectivity index (χ1n) is 5.22. The topological polar surface area (TPSA) is 49.3 Å². The number of nitrogens with one attached hydrogen (secondary N) is 1. The highest BCUT2D eigenvalue weighted by molar-refractivity contribution is 9.11. The molecule has 3 nitrogen and oxygen atoms in total. The first-order valence-corrected chi connectivity index (χ1v) is 7.18. The first-order chi connectivity index (χ1) is 8.97. The van der Waals surface area contributed by atoms with Crippen molar-refractivity contribution in [1.82, 2.24) is 0 Å². The number of halogens is 3. The summed E-state index contributed by atoms with van der Waals surface area (Å²) >= 11 is 12.4. The number of benzene rings is 2. The second-order valence-electron chi connectivity index (χ2n) is 3.74. The molecule has 2 aromatic rings. The fourth-order valence-electron chi connectivity index (χ4n) is 1.48. The molecule has 0 heterocycles. The van der Waals surface area contributed by atoms with E-state index >= 15 is 0 Å². The second-order valence-corrected chi connectivity index (χ2v) is 5.95. The van der Waals surface area contributed by atoms with Crippen LogP contribution in [0.25, 0.3) is 0 Å². The molecule has 0 aliphatic rings. The third kappa shape index (κ3) is 3.49. The quantitative estimate of drug-likeness (QED) is 0.752. The molecule has 2 aromatic carbocycles. The summed E-state index contributed by atoms with van der Waals surface area (Å²) in [6.07, 6.45) is 0. The van der Waals surface area contributed by atoms with Crippen LogP contribution in [0.4, 0.5) is 5.69 Å². The molecular weight excluding hydrogens is 397 g/mol. The van der Waals surface area contributed by atoms with Crippen LogP contribution in [-0.4, -0.2) is 11.0 Å². The summed E-state index contributed by atoms with van der Waals surface area (Å²) in [6, 6.07) is 9.72. The van der Waals surface area contributed by atoms with Gasteiger partial charge in [-0.1, -0.05) is 27.5 Å². The van der Waals surface area contributed by atoms with Crippen molar-refractivity contribution in [3.63, 3.8) is 0 Å². The minimum Gasteiger partial charge on any atom is -0.507 e. The van der Waals surface area contributed by atoms with Crippen molar-refractivity contribution in [2.45, 2.75) is 0 Å². The summed E-state index contributed by atoms with van der Waals surface area (Å²) in [7, 11) is 0. The number of amides is 1. The Morgan fingerprint density at radius 2 is 1.89 bits per heavy atom. The monoisotopic (exact) mass is 403 g/mol. The smallest absolute Gasteiger partial charge is 0.259 e. The van der Waals surface area contributed by atoms with Gasteiger partial charge in [-0.3, -0.25) is 4.79 Å². The van der Waals surface area contributed by atoms with E-state index < -0.39 is 5.91 Å². The fraction of sp³-hybridized carbons (Fsp3) is 0. The van der Waals surface area contributed by atoms with E-state index in [4.69, 9.17) is 11.6 Å². The maximum absolute atomic E-state index is 12.0. The Hall–Kier alpha value is -1.04. The van der Waals surface area contributed by atoms with Crippen LogP contribution >= 0.6 is 43.5 Å². The molecular formula is C13H8Br2ClNO2. The molecule has 98 valence electrons. The highest BCUT2D eigenvalue weighted by Gasteiger charge is 2.13. The number of carbonyl (C=O) groups excluding carboxylic acids is 1. The third-order valence-electron chi connectivity index (χ3n) is 2.38. The zero-order chi connectivity index (χ0) is 14.0. The van der Waals surface area contributed by atoms with Gasteiger partial charge in [0.2, 0.25) is 0 Å². The molecule has 0 spiro atoms. The number of anilines is 1. The number of hydrogen-bond donors (Lipinski definition) is 2. The maximum atomic E-state index is 12.0. The van der Waals surface area contributed by atoms with Crippen molar-refractivity contribution in [3.05, 3.63) is 55.9 Å². The highest BCUT2D eigenvalue weighted by Crippen LogP contribution is 2.28. The molecule has 1 amide bonds. The molecule has 0 aliphatic carbocycles. The van der Waals surface area contributed by atoms with Gasteiger partial charge in [-0.05, 0) is 52.3 Å². The van der Waals surface area contributed by atoms with Gasteiger partial charge in [0.1, 0.15) is 5.75 Å². The van der Waals surface area contributed by atoms with Crippen LogP contribution in [0.1, 0.15) is 10.4 Å². The minimum atomic E-state index is -0.405. The van der Waals surface area contributed by atoms with Crippen LogP contribution in [0.15, 0.2) is 45.3 Å². The van der Waals surface area contributed by atoms with Gasteiger partial charge in [0.05, 0.1) is 11.3 Å². The summed E-state index contributed by atoms with van der Waals surface area (Å²) < 4.78 is 1.63. The average Bonchev–Trinajstić information content (AvgIpc) is 2.32. The summed E-state index contributed by atoms with van der Waals surface area (Å²) in [4.78, 5) is 12.0. The van der Waals surface area contributed by atoms with E-state index in [1.54, 1.807) is 12.1 Å². The van der Waals surface area contributed by atoms with Crippen LogP contribution in [0.2, 0.25) is 5.02 Å². The van der Waals surface area contributed by atoms with E-state index in [2.05, 4.69) is 37.2 Å². The highest BCUT2D eigenvalue weighted by atomic mass is 79.9. The van der Waals surface area contributed by atoms with Gasteiger partial charge in [0.15, 0.2) is 0 Å². The number of phenolic OH excluding ortho intramolecular Hbond substituents is 1. The Balaban J connectivity index is 2.25. The van der Waals surface area contributed by atoms with Crippen molar-refractivity contribution < 1.29 is 9.90 Å². The largest absolute Gasteiger partial charge is 0.507 e. The molecule has 0 radical (unpaired) electrons. The molecule has 6 heteroatoms. The minimum absolute atomic E-state index is 0.154. The lowest BCUT2D eigenvalue weighted by atomic mass is 10.2. The van der Waals surface area contributed by atoms with Gasteiger partial charge < -0.3 is 10.4 Å². The normalized spacial score (nSPS) is 10.3. The summed E-state index contributed by atoms with van der Waals surface area (Å²) in [5, 5.41) is 12.8. The molecule has 0 aliphatic heterocycles. The zero-order valence-electron chi connectivity index (χ0n) is 9.45. The molecule has 0 saturated carbocycles. The maximum Gasteiger partial charge on any atom is 0.259 e. The zero-order valence-corrected chi connectivity index (χ0v) is 13.4. The molecule has 0 bridgehead atoms. The third-order valence-corrected chi connectivity index (χ3v) is 3.77. The number of hydrogen-bond acceptors (Lipinski definition) is 2. The molecule has 0 saturated heterocycles. The van der Waals surface area contributed by atoms with Crippen molar-refractivity contribution in [3.8, 4) is 5.75 Å². The van der Waals surface area contributed by atoms with Crippen molar-refractivity contribution in [2.75, 3.05) is 5.32 Å². The number of rotatable bonds is 2. The van der Waals surface area contributed by atoms with E-state index in [1.807, 2.05) is 12.1 Å². The lowest BCUT2D eigenvalue weighted by Crippen LogP contribution is -2.12. The molecule has 0 atom stereocenters. The van der Waals surface area contributed by atoms with Crippen LogP contribution in [0.3, 0.4) is 0 Å². The first kappa shape index (κ1) is 14.4. The summed E-state index contributed by atoms with van der Waals surface area (Å²) in [6.45, 7) is 0. The Morgan fingerprint density at radius 3 is 2.53 bits per heavy atom. The standard InChI is InChI=1S/C13H8Br2ClNO2/c14-7-1-4-11(10(15)5-7)17-13(19)9-3-2-8(16)6-12(9)18/h1-6,18H,(H,17,19). The molecule has 19 heavy (non-hydrogen) atoms. The van der Waals surface area contributed by atoms with Crippen molar-refractivity contribution in [2.24, 2.45) is 0 Å². The Kier molecular flexibility index (Phi) is 4.50. The predicted octanol–water partition coefficient (Wildman–Crippen LogP) is 4.82. The molecule has 2 N–H and O–H groups in total.